The predicted molar refractivity (Wildman–Crippen MR) is 92.7 cm³/mol. The van der Waals surface area contributed by atoms with Gasteiger partial charge in [-0.3, -0.25) is 0 Å². The Labute approximate surface area is 140 Å². The van der Waals surface area contributed by atoms with Crippen LogP contribution in [0.4, 0.5) is 0 Å². The van der Waals surface area contributed by atoms with Crippen molar-refractivity contribution in [3.63, 3.8) is 0 Å². The topological polar surface area (TPSA) is 29.5 Å². The third-order valence-electron chi connectivity index (χ3n) is 7.47. The molecule has 1 N–H and O–H groups in total. The molecule has 2 nitrogen and oxygen atoms in total. The molecule has 0 spiro atoms. The number of benzene rings is 1. The molecule has 0 aliphatic heterocycles. The van der Waals surface area contributed by atoms with Crippen molar-refractivity contribution in [1.82, 2.24) is 0 Å². The summed E-state index contributed by atoms with van der Waals surface area (Å²) in [6.45, 7) is 2.40. The number of rotatable bonds is 2. The zero-order valence-electron chi connectivity index (χ0n) is 14.6. The third kappa shape index (κ3) is 2.33. The molecular weight excluding hydrogens is 284 g/mol. The van der Waals surface area contributed by atoms with Gasteiger partial charge in [-0.1, -0.05) is 32.3 Å². The Hall–Kier alpha value is -1.02. The highest BCUT2D eigenvalue weighted by atomic mass is 16.5. The summed E-state index contributed by atoms with van der Waals surface area (Å²) in [5.74, 6) is 3.05. The van der Waals surface area contributed by atoms with Crippen molar-refractivity contribution in [3.05, 3.63) is 29.3 Å². The highest BCUT2D eigenvalue weighted by Crippen LogP contribution is 2.62. The summed E-state index contributed by atoms with van der Waals surface area (Å²) >= 11 is 0. The van der Waals surface area contributed by atoms with Gasteiger partial charge in [-0.25, -0.2) is 0 Å². The highest BCUT2D eigenvalue weighted by molar-refractivity contribution is 5.42. The van der Waals surface area contributed by atoms with Crippen molar-refractivity contribution in [2.24, 2.45) is 17.3 Å². The molecule has 0 amide bonds. The summed E-state index contributed by atoms with van der Waals surface area (Å²) in [6.07, 6.45) is 10.3. The molecule has 0 aromatic heterocycles. The first-order valence-corrected chi connectivity index (χ1v) is 9.54. The van der Waals surface area contributed by atoms with Crippen LogP contribution in [0.25, 0.3) is 0 Å². The van der Waals surface area contributed by atoms with Crippen molar-refractivity contribution >= 4 is 0 Å². The van der Waals surface area contributed by atoms with Gasteiger partial charge in [-0.05, 0) is 78.5 Å². The predicted octanol–water partition coefficient (Wildman–Crippen LogP) is 5.21. The molecule has 1 aromatic carbocycles. The van der Waals surface area contributed by atoms with E-state index >= 15 is 0 Å². The van der Waals surface area contributed by atoms with E-state index in [4.69, 9.17) is 4.74 Å². The minimum Gasteiger partial charge on any atom is -0.497 e. The van der Waals surface area contributed by atoms with Crippen molar-refractivity contribution < 1.29 is 9.84 Å². The van der Waals surface area contributed by atoms with Gasteiger partial charge in [0.05, 0.1) is 13.2 Å². The number of aliphatic hydroxyl groups is 1. The van der Waals surface area contributed by atoms with Crippen LogP contribution in [-0.4, -0.2) is 12.2 Å². The fourth-order valence-corrected chi connectivity index (χ4v) is 6.27. The minimum atomic E-state index is -0.285. The quantitative estimate of drug-likeness (QED) is 0.811. The Morgan fingerprint density at radius 1 is 1.17 bits per heavy atom. The fraction of sp³-hybridized carbons (Fsp3) is 0.714. The standard InChI is InChI=1S/C21H30O2/c1-3-21-10-5-4-6-19(21)18-13-20(22)16-8-7-14(23-2)12-17(16)15(18)9-11-21/h7-8,12,15,18-20,22H,3-6,9-11,13H2,1-2H3/t15-,18-,19+,20+,21+/m1/s1. The molecule has 0 saturated heterocycles. The average molecular weight is 314 g/mol. The van der Waals surface area contributed by atoms with Gasteiger partial charge in [0, 0.05) is 0 Å². The first-order valence-electron chi connectivity index (χ1n) is 9.54. The minimum absolute atomic E-state index is 0.285. The highest BCUT2D eigenvalue weighted by Gasteiger charge is 2.51. The largest absolute Gasteiger partial charge is 0.497 e. The molecule has 126 valence electrons. The smallest absolute Gasteiger partial charge is 0.119 e. The van der Waals surface area contributed by atoms with Crippen LogP contribution in [0.5, 0.6) is 5.75 Å². The lowest BCUT2D eigenvalue weighted by Crippen LogP contribution is -2.46. The summed E-state index contributed by atoms with van der Waals surface area (Å²) in [4.78, 5) is 0. The van der Waals surface area contributed by atoms with E-state index in [1.807, 2.05) is 6.07 Å². The summed E-state index contributed by atoms with van der Waals surface area (Å²) in [6, 6.07) is 6.30. The SMILES string of the molecule is CC[C@@]12CCCC[C@H]1[C@@H]1C[C@H](O)c3ccc(OC)cc3[C@H]1CC2. The lowest BCUT2D eigenvalue weighted by molar-refractivity contribution is -0.0413. The van der Waals surface area contributed by atoms with Crippen molar-refractivity contribution in [2.75, 3.05) is 7.11 Å². The van der Waals surface area contributed by atoms with E-state index in [2.05, 4.69) is 19.1 Å². The number of aliphatic hydroxyl groups excluding tert-OH is 1. The molecule has 0 heterocycles. The van der Waals surface area contributed by atoms with Gasteiger partial charge >= 0.3 is 0 Å². The van der Waals surface area contributed by atoms with Crippen LogP contribution < -0.4 is 4.74 Å². The summed E-state index contributed by atoms with van der Waals surface area (Å²) in [5, 5.41) is 10.8. The van der Waals surface area contributed by atoms with Crippen LogP contribution in [0.15, 0.2) is 18.2 Å². The van der Waals surface area contributed by atoms with Crippen molar-refractivity contribution in [2.45, 2.75) is 70.3 Å². The van der Waals surface area contributed by atoms with Crippen LogP contribution in [0.1, 0.15) is 81.4 Å². The first-order chi connectivity index (χ1) is 11.2. The maximum Gasteiger partial charge on any atom is 0.119 e. The van der Waals surface area contributed by atoms with E-state index < -0.39 is 0 Å². The molecule has 4 rings (SSSR count). The van der Waals surface area contributed by atoms with Crippen molar-refractivity contribution in [1.29, 1.82) is 0 Å². The van der Waals surface area contributed by atoms with E-state index in [1.54, 1.807) is 7.11 Å². The Bertz CT molecular complexity index is 581. The van der Waals surface area contributed by atoms with Crippen LogP contribution in [-0.2, 0) is 0 Å². The van der Waals surface area contributed by atoms with E-state index in [9.17, 15) is 5.11 Å². The van der Waals surface area contributed by atoms with E-state index in [0.29, 0.717) is 17.3 Å². The molecule has 2 fully saturated rings. The number of hydrogen-bond acceptors (Lipinski definition) is 2. The average Bonchev–Trinajstić information content (AvgIpc) is 2.61. The van der Waals surface area contributed by atoms with Crippen LogP contribution in [0.2, 0.25) is 0 Å². The van der Waals surface area contributed by atoms with E-state index in [0.717, 1.165) is 23.7 Å². The molecule has 1 aromatic rings. The van der Waals surface area contributed by atoms with Crippen LogP contribution >= 0.6 is 0 Å². The molecule has 3 aliphatic carbocycles. The molecule has 0 bridgehead atoms. The fourth-order valence-electron chi connectivity index (χ4n) is 6.27. The second-order valence-corrected chi connectivity index (χ2v) is 8.12. The first kappa shape index (κ1) is 15.5. The second-order valence-electron chi connectivity index (χ2n) is 8.12. The third-order valence-corrected chi connectivity index (χ3v) is 7.47. The number of methoxy groups -OCH3 is 1. The summed E-state index contributed by atoms with van der Waals surface area (Å²) < 4.78 is 5.46. The monoisotopic (exact) mass is 314 g/mol. The maximum absolute atomic E-state index is 10.8. The molecule has 23 heavy (non-hydrogen) atoms. The van der Waals surface area contributed by atoms with Gasteiger partial charge in [0.15, 0.2) is 0 Å². The van der Waals surface area contributed by atoms with Gasteiger partial charge in [0.25, 0.3) is 0 Å². The van der Waals surface area contributed by atoms with Gasteiger partial charge in [0.2, 0.25) is 0 Å². The molecule has 0 radical (unpaired) electrons. The zero-order chi connectivity index (χ0) is 16.0. The molecule has 0 unspecified atom stereocenters. The molecule has 2 heteroatoms. The van der Waals surface area contributed by atoms with E-state index in [-0.39, 0.29) is 6.10 Å². The van der Waals surface area contributed by atoms with Crippen molar-refractivity contribution in [3.8, 4) is 5.75 Å². The Balaban J connectivity index is 1.73. The van der Waals surface area contributed by atoms with E-state index in [1.165, 1.54) is 50.5 Å². The summed E-state index contributed by atoms with van der Waals surface area (Å²) in [7, 11) is 1.74. The zero-order valence-corrected chi connectivity index (χ0v) is 14.6. The Kier molecular flexibility index (Phi) is 3.91. The molecule has 2 saturated carbocycles. The van der Waals surface area contributed by atoms with Gasteiger partial charge < -0.3 is 9.84 Å². The molecule has 5 atom stereocenters. The molecule has 3 aliphatic rings. The number of fused-ring (bicyclic) bond motifs is 5. The lowest BCUT2D eigenvalue weighted by Gasteiger charge is -2.56. The van der Waals surface area contributed by atoms with Gasteiger partial charge in [-0.2, -0.15) is 0 Å². The Morgan fingerprint density at radius 3 is 2.83 bits per heavy atom. The lowest BCUT2D eigenvalue weighted by atomic mass is 9.49. The summed E-state index contributed by atoms with van der Waals surface area (Å²) in [5.41, 5.74) is 3.10. The van der Waals surface area contributed by atoms with Crippen LogP contribution in [0.3, 0.4) is 0 Å². The molecular formula is C21H30O2. The maximum atomic E-state index is 10.8. The van der Waals surface area contributed by atoms with Gasteiger partial charge in [0.1, 0.15) is 5.75 Å². The normalized spacial score (nSPS) is 39.1. The second kappa shape index (κ2) is 5.81. The van der Waals surface area contributed by atoms with Gasteiger partial charge in [-0.15, -0.1) is 0 Å². The number of hydrogen-bond donors (Lipinski definition) is 1. The van der Waals surface area contributed by atoms with Crippen LogP contribution in [0, 0.1) is 17.3 Å². The number of ether oxygens (including phenoxy) is 1. The Morgan fingerprint density at radius 2 is 2.04 bits per heavy atom.